The number of para-hydroxylation sites is 1. The third-order valence-electron chi connectivity index (χ3n) is 5.73. The molecule has 1 saturated heterocycles. The Balaban J connectivity index is 2.05. The van der Waals surface area contributed by atoms with Crippen molar-refractivity contribution in [3.8, 4) is 5.75 Å². The van der Waals surface area contributed by atoms with Gasteiger partial charge in [0.15, 0.2) is 0 Å². The molecule has 1 heterocycles. The minimum absolute atomic E-state index is 0.0840. The van der Waals surface area contributed by atoms with E-state index >= 15 is 0 Å². The van der Waals surface area contributed by atoms with Crippen LogP contribution in [0.4, 0.5) is 0 Å². The normalized spacial score (nSPS) is 29.9. The number of fused-ring (bicyclic) bond motifs is 1. The SMILES string of the molecule is CCOc1ccccc1[C@@H]1[C@@H]2CCCC[C@]2(O)CCN1C(=O)CC. The van der Waals surface area contributed by atoms with Gasteiger partial charge >= 0.3 is 0 Å². The Hall–Kier alpha value is -1.55. The van der Waals surface area contributed by atoms with Crippen molar-refractivity contribution in [2.45, 2.75) is 64.0 Å². The van der Waals surface area contributed by atoms with E-state index in [-0.39, 0.29) is 17.9 Å². The van der Waals surface area contributed by atoms with E-state index in [1.165, 1.54) is 0 Å². The van der Waals surface area contributed by atoms with Crippen LogP contribution in [0.3, 0.4) is 0 Å². The summed E-state index contributed by atoms with van der Waals surface area (Å²) in [6, 6.07) is 7.93. The van der Waals surface area contributed by atoms with Gasteiger partial charge in [-0.25, -0.2) is 0 Å². The van der Waals surface area contributed by atoms with E-state index in [1.54, 1.807) is 0 Å². The Morgan fingerprint density at radius 3 is 2.83 bits per heavy atom. The summed E-state index contributed by atoms with van der Waals surface area (Å²) < 4.78 is 5.84. The zero-order valence-electron chi connectivity index (χ0n) is 14.8. The van der Waals surface area contributed by atoms with Gasteiger partial charge < -0.3 is 14.7 Å². The standard InChI is InChI=1S/C20H29NO3/c1-3-18(22)21-14-13-20(23)12-8-7-10-16(20)19(21)15-9-5-6-11-17(15)24-4-2/h5-6,9,11,16,19,23H,3-4,7-8,10,12-14H2,1-2H3/t16-,19+,20-/m0/s1. The number of rotatable bonds is 4. The second-order valence-electron chi connectivity index (χ2n) is 7.06. The van der Waals surface area contributed by atoms with Crippen molar-refractivity contribution in [1.29, 1.82) is 0 Å². The average Bonchev–Trinajstić information content (AvgIpc) is 2.60. The lowest BCUT2D eigenvalue weighted by molar-refractivity contribution is -0.155. The van der Waals surface area contributed by atoms with E-state index in [1.807, 2.05) is 36.9 Å². The lowest BCUT2D eigenvalue weighted by Gasteiger charge is -2.52. The van der Waals surface area contributed by atoms with Gasteiger partial charge in [0.25, 0.3) is 0 Å². The molecule has 1 N–H and O–H groups in total. The van der Waals surface area contributed by atoms with Crippen molar-refractivity contribution < 1.29 is 14.6 Å². The zero-order valence-corrected chi connectivity index (χ0v) is 14.8. The van der Waals surface area contributed by atoms with Crippen LogP contribution in [0.15, 0.2) is 24.3 Å². The molecule has 0 spiro atoms. The maximum absolute atomic E-state index is 12.6. The Bertz CT molecular complexity index is 588. The molecule has 4 nitrogen and oxygen atoms in total. The lowest BCUT2D eigenvalue weighted by atomic mass is 9.66. The summed E-state index contributed by atoms with van der Waals surface area (Å²) in [6.45, 7) is 5.12. The first-order valence-corrected chi connectivity index (χ1v) is 9.34. The highest BCUT2D eigenvalue weighted by Gasteiger charge is 2.50. The fourth-order valence-electron chi connectivity index (χ4n) is 4.56. The number of hydrogen-bond donors (Lipinski definition) is 1. The minimum Gasteiger partial charge on any atom is -0.494 e. The molecule has 1 aliphatic heterocycles. The summed E-state index contributed by atoms with van der Waals surface area (Å²) in [5.41, 5.74) is 0.401. The molecule has 132 valence electrons. The number of likely N-dealkylation sites (tertiary alicyclic amines) is 1. The molecule has 2 aliphatic rings. The van der Waals surface area contributed by atoms with E-state index in [0.717, 1.165) is 37.0 Å². The van der Waals surface area contributed by atoms with Gasteiger partial charge in [0, 0.05) is 24.4 Å². The van der Waals surface area contributed by atoms with Crippen molar-refractivity contribution in [2.24, 2.45) is 5.92 Å². The number of carbonyl (C=O) groups excluding carboxylic acids is 1. The van der Waals surface area contributed by atoms with Crippen molar-refractivity contribution >= 4 is 5.91 Å². The molecule has 1 aliphatic carbocycles. The van der Waals surface area contributed by atoms with Crippen molar-refractivity contribution in [2.75, 3.05) is 13.2 Å². The largest absolute Gasteiger partial charge is 0.494 e. The first kappa shape index (κ1) is 17.3. The van der Waals surface area contributed by atoms with Crippen molar-refractivity contribution in [1.82, 2.24) is 4.90 Å². The smallest absolute Gasteiger partial charge is 0.222 e. The molecule has 3 rings (SSSR count). The second kappa shape index (κ2) is 7.14. The molecule has 0 aromatic heterocycles. The van der Waals surface area contributed by atoms with Crippen LogP contribution >= 0.6 is 0 Å². The zero-order chi connectivity index (χ0) is 17.2. The van der Waals surface area contributed by atoms with Crippen LogP contribution in [0.25, 0.3) is 0 Å². The van der Waals surface area contributed by atoms with E-state index in [0.29, 0.717) is 26.0 Å². The van der Waals surface area contributed by atoms with Gasteiger partial charge in [-0.2, -0.15) is 0 Å². The highest BCUT2D eigenvalue weighted by molar-refractivity contribution is 5.76. The molecular formula is C20H29NO3. The van der Waals surface area contributed by atoms with Crippen LogP contribution in [-0.4, -0.2) is 34.7 Å². The van der Waals surface area contributed by atoms with E-state index in [2.05, 4.69) is 6.07 Å². The van der Waals surface area contributed by atoms with E-state index in [4.69, 9.17) is 4.74 Å². The molecule has 0 radical (unpaired) electrons. The van der Waals surface area contributed by atoms with Crippen LogP contribution in [0.5, 0.6) is 5.75 Å². The molecule has 0 unspecified atom stereocenters. The molecule has 24 heavy (non-hydrogen) atoms. The number of hydrogen-bond acceptors (Lipinski definition) is 3. The fraction of sp³-hybridized carbons (Fsp3) is 0.650. The van der Waals surface area contributed by atoms with Gasteiger partial charge in [0.2, 0.25) is 5.91 Å². The van der Waals surface area contributed by atoms with E-state index in [9.17, 15) is 9.90 Å². The summed E-state index contributed by atoms with van der Waals surface area (Å²) in [4.78, 5) is 14.6. The van der Waals surface area contributed by atoms with Gasteiger partial charge in [-0.15, -0.1) is 0 Å². The van der Waals surface area contributed by atoms with Crippen molar-refractivity contribution in [3.63, 3.8) is 0 Å². The molecule has 1 amide bonds. The number of carbonyl (C=O) groups is 1. The van der Waals surface area contributed by atoms with Gasteiger partial charge in [0.05, 0.1) is 18.2 Å². The number of nitrogens with zero attached hydrogens (tertiary/aromatic N) is 1. The van der Waals surface area contributed by atoms with Crippen LogP contribution in [0.1, 0.15) is 64.0 Å². The molecular weight excluding hydrogens is 302 g/mol. The van der Waals surface area contributed by atoms with Crippen LogP contribution in [0.2, 0.25) is 0 Å². The number of aliphatic hydroxyl groups is 1. The van der Waals surface area contributed by atoms with Gasteiger partial charge in [0.1, 0.15) is 5.75 Å². The van der Waals surface area contributed by atoms with Gasteiger partial charge in [-0.3, -0.25) is 4.79 Å². The number of piperidine rings is 1. The summed E-state index contributed by atoms with van der Waals surface area (Å²) in [7, 11) is 0. The maximum Gasteiger partial charge on any atom is 0.222 e. The minimum atomic E-state index is -0.646. The molecule has 1 aromatic rings. The Labute approximate surface area is 144 Å². The highest BCUT2D eigenvalue weighted by Crippen LogP contribution is 2.50. The molecule has 1 saturated carbocycles. The molecule has 0 bridgehead atoms. The monoisotopic (exact) mass is 331 g/mol. The molecule has 2 fully saturated rings. The van der Waals surface area contributed by atoms with Gasteiger partial charge in [-0.05, 0) is 32.3 Å². The third kappa shape index (κ3) is 3.04. The first-order valence-electron chi connectivity index (χ1n) is 9.34. The first-order chi connectivity index (χ1) is 11.6. The molecule has 1 aromatic carbocycles. The number of ether oxygens (including phenoxy) is 1. The Morgan fingerprint density at radius 2 is 2.08 bits per heavy atom. The lowest BCUT2D eigenvalue weighted by Crippen LogP contribution is -2.56. The highest BCUT2D eigenvalue weighted by atomic mass is 16.5. The summed E-state index contributed by atoms with van der Waals surface area (Å²) in [5.74, 6) is 1.10. The van der Waals surface area contributed by atoms with Crippen LogP contribution in [0, 0.1) is 5.92 Å². The second-order valence-corrected chi connectivity index (χ2v) is 7.06. The Morgan fingerprint density at radius 1 is 1.29 bits per heavy atom. The molecule has 3 atom stereocenters. The topological polar surface area (TPSA) is 49.8 Å². The third-order valence-corrected chi connectivity index (χ3v) is 5.73. The van der Waals surface area contributed by atoms with Crippen molar-refractivity contribution in [3.05, 3.63) is 29.8 Å². The summed E-state index contributed by atoms with van der Waals surface area (Å²) in [5, 5.41) is 11.2. The average molecular weight is 331 g/mol. The van der Waals surface area contributed by atoms with Gasteiger partial charge in [-0.1, -0.05) is 38.0 Å². The Kier molecular flexibility index (Phi) is 5.14. The predicted molar refractivity (Wildman–Crippen MR) is 93.9 cm³/mol. The maximum atomic E-state index is 12.6. The quantitative estimate of drug-likeness (QED) is 0.915. The molecule has 4 heteroatoms. The summed E-state index contributed by atoms with van der Waals surface area (Å²) in [6.07, 6.45) is 5.20. The number of amides is 1. The van der Waals surface area contributed by atoms with Crippen LogP contribution < -0.4 is 4.74 Å². The van der Waals surface area contributed by atoms with E-state index < -0.39 is 5.60 Å². The van der Waals surface area contributed by atoms with Crippen LogP contribution in [-0.2, 0) is 4.79 Å². The predicted octanol–water partition coefficient (Wildman–Crippen LogP) is 3.69. The fourth-order valence-corrected chi connectivity index (χ4v) is 4.56. The number of benzene rings is 1. The summed E-state index contributed by atoms with van der Waals surface area (Å²) >= 11 is 0.